The van der Waals surface area contributed by atoms with Crippen LogP contribution >= 0.6 is 11.3 Å². The van der Waals surface area contributed by atoms with E-state index in [1.807, 2.05) is 18.2 Å². The van der Waals surface area contributed by atoms with Crippen molar-refractivity contribution in [2.75, 3.05) is 38.0 Å². The highest BCUT2D eigenvalue weighted by atomic mass is 32.1. The van der Waals surface area contributed by atoms with Gasteiger partial charge in [-0.3, -0.25) is 9.59 Å². The Morgan fingerprint density at radius 2 is 1.96 bits per heavy atom. The molecule has 0 atom stereocenters. The molecule has 3 rings (SSSR count). The summed E-state index contributed by atoms with van der Waals surface area (Å²) in [4.78, 5) is 36.0. The zero-order valence-corrected chi connectivity index (χ0v) is 13.8. The molecule has 3 N–H and O–H groups in total. The summed E-state index contributed by atoms with van der Waals surface area (Å²) in [5, 5.41) is 5.42. The molecule has 8 nitrogen and oxygen atoms in total. The van der Waals surface area contributed by atoms with Crippen LogP contribution in [0.25, 0.3) is 0 Å². The number of aromatic nitrogens is 2. The fourth-order valence-corrected chi connectivity index (χ4v) is 3.12. The third-order valence-electron chi connectivity index (χ3n) is 3.72. The van der Waals surface area contributed by atoms with E-state index in [2.05, 4.69) is 15.3 Å². The summed E-state index contributed by atoms with van der Waals surface area (Å²) in [5.74, 6) is 0.470. The van der Waals surface area contributed by atoms with E-state index < -0.39 is 0 Å². The highest BCUT2D eigenvalue weighted by Gasteiger charge is 2.25. The van der Waals surface area contributed by atoms with Crippen molar-refractivity contribution in [3.05, 3.63) is 35.5 Å². The van der Waals surface area contributed by atoms with Gasteiger partial charge in [-0.05, 0) is 12.1 Å². The average molecular weight is 346 g/mol. The standard InChI is InChI=1S/C15H18N6O2S/c16-9-13(22)20-5-7-21(8-6-20)14(23)11-10-24-15(18-11)19-12-3-1-2-4-17-12/h1-4,10H,5-9,16H2,(H,17,18,19). The Morgan fingerprint density at radius 3 is 2.62 bits per heavy atom. The molecule has 2 amide bonds. The van der Waals surface area contributed by atoms with E-state index in [9.17, 15) is 9.59 Å². The van der Waals surface area contributed by atoms with Crippen LogP contribution in [-0.4, -0.2) is 64.3 Å². The van der Waals surface area contributed by atoms with Crippen LogP contribution in [0.3, 0.4) is 0 Å². The molecule has 126 valence electrons. The van der Waals surface area contributed by atoms with Gasteiger partial charge in [-0.15, -0.1) is 11.3 Å². The molecule has 1 saturated heterocycles. The molecule has 0 aliphatic carbocycles. The van der Waals surface area contributed by atoms with Crippen molar-refractivity contribution in [3.8, 4) is 0 Å². The van der Waals surface area contributed by atoms with E-state index in [1.54, 1.807) is 21.4 Å². The molecular weight excluding hydrogens is 328 g/mol. The quantitative estimate of drug-likeness (QED) is 0.836. The van der Waals surface area contributed by atoms with Crippen LogP contribution in [0.4, 0.5) is 10.9 Å². The maximum absolute atomic E-state index is 12.5. The van der Waals surface area contributed by atoms with Gasteiger partial charge in [0.2, 0.25) is 5.91 Å². The zero-order valence-electron chi connectivity index (χ0n) is 13.0. The monoisotopic (exact) mass is 346 g/mol. The van der Waals surface area contributed by atoms with Crippen molar-refractivity contribution in [1.82, 2.24) is 19.8 Å². The summed E-state index contributed by atoms with van der Waals surface area (Å²) >= 11 is 1.35. The number of piperazine rings is 1. The number of nitrogens with one attached hydrogen (secondary N) is 1. The van der Waals surface area contributed by atoms with Crippen molar-refractivity contribution in [2.24, 2.45) is 5.73 Å². The van der Waals surface area contributed by atoms with Crippen molar-refractivity contribution in [3.63, 3.8) is 0 Å². The van der Waals surface area contributed by atoms with Crippen molar-refractivity contribution < 1.29 is 9.59 Å². The first-order valence-corrected chi connectivity index (χ1v) is 8.46. The molecule has 1 fully saturated rings. The second-order valence-electron chi connectivity index (χ2n) is 5.25. The summed E-state index contributed by atoms with van der Waals surface area (Å²) in [5.41, 5.74) is 5.76. The number of hydrogen-bond acceptors (Lipinski definition) is 7. The first-order chi connectivity index (χ1) is 11.7. The lowest BCUT2D eigenvalue weighted by atomic mass is 10.3. The molecule has 0 aromatic carbocycles. The van der Waals surface area contributed by atoms with Crippen LogP contribution in [0.1, 0.15) is 10.5 Å². The van der Waals surface area contributed by atoms with E-state index >= 15 is 0 Å². The molecule has 2 aromatic rings. The lowest BCUT2D eigenvalue weighted by Gasteiger charge is -2.34. The zero-order chi connectivity index (χ0) is 16.9. The molecule has 0 radical (unpaired) electrons. The second kappa shape index (κ2) is 7.37. The molecule has 2 aromatic heterocycles. The predicted molar refractivity (Wildman–Crippen MR) is 91.2 cm³/mol. The molecule has 24 heavy (non-hydrogen) atoms. The normalized spacial score (nSPS) is 14.5. The fourth-order valence-electron chi connectivity index (χ4n) is 2.43. The smallest absolute Gasteiger partial charge is 0.273 e. The average Bonchev–Trinajstić information content (AvgIpc) is 3.10. The molecule has 0 bridgehead atoms. The van der Waals surface area contributed by atoms with Gasteiger partial charge in [0.1, 0.15) is 11.5 Å². The highest BCUT2D eigenvalue weighted by Crippen LogP contribution is 2.20. The van der Waals surface area contributed by atoms with Gasteiger partial charge in [-0.25, -0.2) is 9.97 Å². The third kappa shape index (κ3) is 3.69. The van der Waals surface area contributed by atoms with E-state index in [1.165, 1.54) is 11.3 Å². The van der Waals surface area contributed by atoms with Gasteiger partial charge in [-0.2, -0.15) is 0 Å². The number of thiazole rings is 1. The van der Waals surface area contributed by atoms with Gasteiger partial charge in [-0.1, -0.05) is 6.07 Å². The Labute approximate surface area is 143 Å². The van der Waals surface area contributed by atoms with Crippen molar-refractivity contribution in [2.45, 2.75) is 0 Å². The molecule has 0 unspecified atom stereocenters. The van der Waals surface area contributed by atoms with Crippen LogP contribution in [0.15, 0.2) is 29.8 Å². The Hall–Kier alpha value is -2.52. The number of anilines is 2. The molecule has 0 saturated carbocycles. The number of nitrogens with two attached hydrogens (primary N) is 1. The minimum Gasteiger partial charge on any atom is -0.338 e. The fraction of sp³-hybridized carbons (Fsp3) is 0.333. The van der Waals surface area contributed by atoms with Gasteiger partial charge >= 0.3 is 0 Å². The summed E-state index contributed by atoms with van der Waals surface area (Å²) in [7, 11) is 0. The van der Waals surface area contributed by atoms with Crippen LogP contribution in [0, 0.1) is 0 Å². The van der Waals surface area contributed by atoms with Gasteiger partial charge in [0.05, 0.1) is 6.54 Å². The summed E-state index contributed by atoms with van der Waals surface area (Å²) < 4.78 is 0. The van der Waals surface area contributed by atoms with Gasteiger partial charge in [0, 0.05) is 37.8 Å². The number of nitrogens with zero attached hydrogens (tertiary/aromatic N) is 4. The maximum Gasteiger partial charge on any atom is 0.273 e. The minimum atomic E-state index is -0.125. The number of pyridine rings is 1. The third-order valence-corrected chi connectivity index (χ3v) is 4.48. The van der Waals surface area contributed by atoms with Gasteiger partial charge < -0.3 is 20.9 Å². The summed E-state index contributed by atoms with van der Waals surface area (Å²) in [6.07, 6.45) is 1.68. The molecule has 0 spiro atoms. The molecular formula is C15H18N6O2S. The van der Waals surface area contributed by atoms with Gasteiger partial charge in [0.25, 0.3) is 5.91 Å². The van der Waals surface area contributed by atoms with Crippen LogP contribution < -0.4 is 11.1 Å². The molecule has 1 aliphatic heterocycles. The van der Waals surface area contributed by atoms with E-state index in [0.717, 1.165) is 0 Å². The predicted octanol–water partition coefficient (Wildman–Crippen LogP) is 0.525. The molecule has 9 heteroatoms. The van der Waals surface area contributed by atoms with Crippen LogP contribution in [-0.2, 0) is 4.79 Å². The number of carbonyl (C=O) groups excluding carboxylic acids is 2. The SMILES string of the molecule is NCC(=O)N1CCN(C(=O)c2csc(Nc3ccccn3)n2)CC1. The highest BCUT2D eigenvalue weighted by molar-refractivity contribution is 7.14. The Kier molecular flexibility index (Phi) is 5.02. The number of hydrogen-bond donors (Lipinski definition) is 2. The maximum atomic E-state index is 12.5. The lowest BCUT2D eigenvalue weighted by Crippen LogP contribution is -2.52. The van der Waals surface area contributed by atoms with Gasteiger partial charge in [0.15, 0.2) is 5.13 Å². The Balaban J connectivity index is 1.59. The number of amides is 2. The summed E-state index contributed by atoms with van der Waals surface area (Å²) in [6.45, 7) is 1.99. The van der Waals surface area contributed by atoms with E-state index in [-0.39, 0.29) is 18.4 Å². The largest absolute Gasteiger partial charge is 0.338 e. The first-order valence-electron chi connectivity index (χ1n) is 7.58. The van der Waals surface area contributed by atoms with Crippen LogP contribution in [0.2, 0.25) is 0 Å². The van der Waals surface area contributed by atoms with Crippen molar-refractivity contribution in [1.29, 1.82) is 0 Å². The van der Waals surface area contributed by atoms with Crippen molar-refractivity contribution >= 4 is 34.1 Å². The van der Waals surface area contributed by atoms with E-state index in [0.29, 0.717) is 42.8 Å². The Morgan fingerprint density at radius 1 is 1.21 bits per heavy atom. The van der Waals surface area contributed by atoms with Crippen LogP contribution in [0.5, 0.6) is 0 Å². The first kappa shape index (κ1) is 16.3. The number of rotatable bonds is 4. The summed E-state index contributed by atoms with van der Waals surface area (Å²) in [6, 6.07) is 5.53. The topological polar surface area (TPSA) is 104 Å². The lowest BCUT2D eigenvalue weighted by molar-refractivity contribution is -0.131. The minimum absolute atomic E-state index is 0.00256. The Bertz CT molecular complexity index is 712. The molecule has 3 heterocycles. The van der Waals surface area contributed by atoms with E-state index in [4.69, 9.17) is 5.73 Å². The number of carbonyl (C=O) groups is 2. The molecule has 1 aliphatic rings. The second-order valence-corrected chi connectivity index (χ2v) is 6.11.